The van der Waals surface area contributed by atoms with Crippen LogP contribution in [-0.4, -0.2) is 38.8 Å². The number of Topliss-reactive ketones (excluding diaryl/α,β-unsaturated/α-hetero) is 1. The van der Waals surface area contributed by atoms with E-state index >= 15 is 0 Å². The second-order valence-electron chi connectivity index (χ2n) is 5.52. The summed E-state index contributed by atoms with van der Waals surface area (Å²) in [6.45, 7) is 5.21. The summed E-state index contributed by atoms with van der Waals surface area (Å²) in [7, 11) is 1.53. The third kappa shape index (κ3) is 7.20. The van der Waals surface area contributed by atoms with Gasteiger partial charge in [0.2, 0.25) is 0 Å². The Morgan fingerprint density at radius 1 is 1.32 bits per heavy atom. The Morgan fingerprint density at radius 2 is 1.96 bits per heavy atom. The molecule has 0 fully saturated rings. The zero-order valence-electron chi connectivity index (χ0n) is 14.7. The van der Waals surface area contributed by atoms with E-state index in [2.05, 4.69) is 5.16 Å². The molecule has 8 heteroatoms. The molecule has 0 aliphatic carbocycles. The highest BCUT2D eigenvalue weighted by Crippen LogP contribution is 2.31. The van der Waals surface area contributed by atoms with E-state index in [1.165, 1.54) is 23.1 Å². The maximum atomic E-state index is 12.6. The number of oxime groups is 1. The minimum Gasteiger partial charge on any atom is -0.296 e. The van der Waals surface area contributed by atoms with Gasteiger partial charge >= 0.3 is 6.09 Å². The lowest BCUT2D eigenvalue weighted by molar-refractivity contribution is 0.0956. The summed E-state index contributed by atoms with van der Waals surface area (Å²) in [4.78, 5) is 29.5. The zero-order valence-corrected chi connectivity index (χ0v) is 16.3. The minimum absolute atomic E-state index is 0.0792. The maximum Gasteiger partial charge on any atom is 0.445 e. The molecule has 134 valence electrons. The van der Waals surface area contributed by atoms with Crippen LogP contribution in [0.5, 0.6) is 0 Å². The van der Waals surface area contributed by atoms with Crippen LogP contribution in [-0.2, 0) is 4.84 Å². The number of carbonyl (C=O) groups is 2. The summed E-state index contributed by atoms with van der Waals surface area (Å²) in [6, 6.07) is 11.0. The second-order valence-corrected chi connectivity index (χ2v) is 8.56. The molecule has 0 spiro atoms. The summed E-state index contributed by atoms with van der Waals surface area (Å²) in [5.74, 6) is 0.511. The number of rotatable bonds is 7. The number of ketones is 1. The average Bonchev–Trinajstić information content (AvgIpc) is 2.59. The second kappa shape index (κ2) is 10.1. The fourth-order valence-corrected chi connectivity index (χ4v) is 3.36. The van der Waals surface area contributed by atoms with Gasteiger partial charge in [-0.3, -0.25) is 13.9 Å². The molecule has 0 saturated carbocycles. The number of carbonyl (C=O) groups excluding carboxylic acids is 2. The molecule has 1 amide bonds. The van der Waals surface area contributed by atoms with E-state index in [9.17, 15) is 9.59 Å². The Hall–Kier alpha value is -1.98. The molecule has 6 nitrogen and oxygen atoms in total. The van der Waals surface area contributed by atoms with Crippen molar-refractivity contribution in [3.63, 3.8) is 0 Å². The lowest BCUT2D eigenvalue weighted by Gasteiger charge is -2.26. The fraction of sp³-hybridized carbons (Fsp3) is 0.412. The van der Waals surface area contributed by atoms with E-state index in [1.807, 2.05) is 12.1 Å². The van der Waals surface area contributed by atoms with Crippen LogP contribution in [0.3, 0.4) is 0 Å². The molecular formula is C17H21N3O3S2. The third-order valence-electron chi connectivity index (χ3n) is 2.98. The van der Waals surface area contributed by atoms with Crippen LogP contribution >= 0.6 is 23.7 Å². The van der Waals surface area contributed by atoms with E-state index in [4.69, 9.17) is 10.1 Å². The van der Waals surface area contributed by atoms with Gasteiger partial charge in [-0.25, -0.2) is 4.79 Å². The fourth-order valence-electron chi connectivity index (χ4n) is 1.79. The predicted octanol–water partition coefficient (Wildman–Crippen LogP) is 4.34. The first-order chi connectivity index (χ1) is 11.8. The summed E-state index contributed by atoms with van der Waals surface area (Å²) < 4.78 is 0.410. The summed E-state index contributed by atoms with van der Waals surface area (Å²) in [5, 5.41) is 12.8. The number of hydrogen-bond acceptors (Lipinski definition) is 7. The molecule has 25 heavy (non-hydrogen) atoms. The number of amides is 1. The predicted molar refractivity (Wildman–Crippen MR) is 102 cm³/mol. The molecule has 1 rings (SSSR count). The van der Waals surface area contributed by atoms with Crippen LogP contribution in [0.2, 0.25) is 0 Å². The van der Waals surface area contributed by atoms with Crippen LogP contribution < -0.4 is 0 Å². The smallest absolute Gasteiger partial charge is 0.296 e. The highest BCUT2D eigenvalue weighted by molar-refractivity contribution is 8.13. The Kier molecular flexibility index (Phi) is 8.52. The number of thioether (sulfide) groups is 1. The van der Waals surface area contributed by atoms with Crippen molar-refractivity contribution in [1.29, 1.82) is 5.26 Å². The van der Waals surface area contributed by atoms with Crippen molar-refractivity contribution in [1.82, 2.24) is 4.31 Å². The number of hydrogen-bond donors (Lipinski definition) is 0. The van der Waals surface area contributed by atoms with E-state index < -0.39 is 10.8 Å². The van der Waals surface area contributed by atoms with Crippen LogP contribution in [0, 0.1) is 11.3 Å². The molecule has 0 radical (unpaired) electrons. The van der Waals surface area contributed by atoms with Gasteiger partial charge in [0, 0.05) is 24.8 Å². The Balaban J connectivity index is 2.60. The molecule has 0 atom stereocenters. The first-order valence-electron chi connectivity index (χ1n) is 7.56. The van der Waals surface area contributed by atoms with E-state index in [0.29, 0.717) is 22.8 Å². The number of nitriles is 1. The van der Waals surface area contributed by atoms with Gasteiger partial charge in [-0.15, -0.1) is 11.8 Å². The van der Waals surface area contributed by atoms with Crippen molar-refractivity contribution in [2.24, 2.45) is 5.16 Å². The largest absolute Gasteiger partial charge is 0.445 e. The van der Waals surface area contributed by atoms with Crippen molar-refractivity contribution in [2.45, 2.75) is 31.9 Å². The van der Waals surface area contributed by atoms with Crippen molar-refractivity contribution < 1.29 is 14.4 Å². The Morgan fingerprint density at radius 3 is 2.56 bits per heavy atom. The Bertz CT molecular complexity index is 669. The Labute approximate surface area is 156 Å². The molecule has 0 unspecified atom stereocenters. The summed E-state index contributed by atoms with van der Waals surface area (Å²) in [5.41, 5.74) is 0.588. The maximum absolute atomic E-state index is 12.6. The molecule has 0 N–H and O–H groups in total. The van der Waals surface area contributed by atoms with Crippen molar-refractivity contribution in [3.05, 3.63) is 35.9 Å². The van der Waals surface area contributed by atoms with Gasteiger partial charge < -0.3 is 0 Å². The summed E-state index contributed by atoms with van der Waals surface area (Å²) in [6.07, 6.45) is -0.268. The normalized spacial score (nSPS) is 11.6. The van der Waals surface area contributed by atoms with Crippen LogP contribution in [0.1, 0.15) is 37.6 Å². The van der Waals surface area contributed by atoms with Gasteiger partial charge in [-0.05, 0) is 32.7 Å². The van der Waals surface area contributed by atoms with Crippen molar-refractivity contribution in [2.75, 3.05) is 12.8 Å². The van der Waals surface area contributed by atoms with E-state index in [1.54, 1.807) is 45.0 Å². The highest BCUT2D eigenvalue weighted by atomic mass is 32.2. The lowest BCUT2D eigenvalue weighted by Crippen LogP contribution is -2.34. The standard InChI is InChI=1S/C17H21N3O3S2/c1-13(24-12-8-11-18)19-23-16(22)20(4)25-17(2,3)15(21)14-9-6-5-7-10-14/h5-7,9-10H,8,12H2,1-4H3/b19-13+. The molecule has 0 aliphatic heterocycles. The molecule has 0 heterocycles. The SMILES string of the molecule is C/C(=N\OC(=O)N(C)SC(C)(C)C(=O)c1ccccc1)SCCC#N. The monoisotopic (exact) mass is 379 g/mol. The van der Waals surface area contributed by atoms with Gasteiger partial charge in [0.1, 0.15) is 5.04 Å². The molecule has 0 aliphatic rings. The minimum atomic E-state index is -0.838. The molecule has 1 aromatic carbocycles. The number of benzene rings is 1. The first-order valence-corrected chi connectivity index (χ1v) is 9.32. The van der Waals surface area contributed by atoms with E-state index in [0.717, 1.165) is 11.9 Å². The number of nitrogens with zero attached hydrogens (tertiary/aromatic N) is 3. The van der Waals surface area contributed by atoms with Crippen LogP contribution in [0.15, 0.2) is 35.5 Å². The van der Waals surface area contributed by atoms with Gasteiger partial charge in [-0.2, -0.15) is 5.26 Å². The van der Waals surface area contributed by atoms with Crippen LogP contribution in [0.25, 0.3) is 0 Å². The zero-order chi connectivity index (χ0) is 18.9. The van der Waals surface area contributed by atoms with Gasteiger partial charge in [0.15, 0.2) is 5.78 Å². The van der Waals surface area contributed by atoms with Gasteiger partial charge in [0.25, 0.3) is 0 Å². The molecule has 1 aromatic rings. The van der Waals surface area contributed by atoms with E-state index in [-0.39, 0.29) is 5.78 Å². The molecule has 0 saturated heterocycles. The molecular weight excluding hydrogens is 358 g/mol. The third-order valence-corrected chi connectivity index (χ3v) is 4.95. The molecule has 0 aromatic heterocycles. The van der Waals surface area contributed by atoms with Crippen molar-refractivity contribution >= 4 is 40.6 Å². The van der Waals surface area contributed by atoms with Gasteiger partial charge in [-0.1, -0.05) is 35.5 Å². The summed E-state index contributed by atoms with van der Waals surface area (Å²) >= 11 is 2.42. The highest BCUT2D eigenvalue weighted by Gasteiger charge is 2.33. The van der Waals surface area contributed by atoms with Crippen LogP contribution in [0.4, 0.5) is 4.79 Å². The first kappa shape index (κ1) is 21.1. The van der Waals surface area contributed by atoms with Gasteiger partial charge in [0.05, 0.1) is 10.8 Å². The average molecular weight is 380 g/mol. The quantitative estimate of drug-likeness (QED) is 0.133. The molecule has 0 bridgehead atoms. The van der Waals surface area contributed by atoms with Crippen molar-refractivity contribution in [3.8, 4) is 6.07 Å². The topological polar surface area (TPSA) is 82.8 Å². The lowest BCUT2D eigenvalue weighted by atomic mass is 10.0.